The van der Waals surface area contributed by atoms with Crippen LogP contribution in [0.3, 0.4) is 0 Å². The molecule has 0 bridgehead atoms. The summed E-state index contributed by atoms with van der Waals surface area (Å²) >= 11 is 0. The van der Waals surface area contributed by atoms with Crippen LogP contribution in [0.2, 0.25) is 0 Å². The summed E-state index contributed by atoms with van der Waals surface area (Å²) in [5.74, 6) is 3.41. The third kappa shape index (κ3) is 2.24. The van der Waals surface area contributed by atoms with E-state index in [4.69, 9.17) is 6.42 Å². The van der Waals surface area contributed by atoms with Crippen molar-refractivity contribution in [1.82, 2.24) is 4.90 Å². The van der Waals surface area contributed by atoms with Crippen LogP contribution in [-0.2, 0) is 0 Å². The highest BCUT2D eigenvalue weighted by Crippen LogP contribution is 2.25. The summed E-state index contributed by atoms with van der Waals surface area (Å²) in [6.07, 6.45) is 10.4. The predicted octanol–water partition coefficient (Wildman–Crippen LogP) is 1.74. The molecule has 1 aliphatic rings. The molecule has 0 aromatic heterocycles. The second kappa shape index (κ2) is 3.78. The van der Waals surface area contributed by atoms with E-state index in [0.717, 1.165) is 6.04 Å². The first-order chi connectivity index (χ1) is 5.24. The summed E-state index contributed by atoms with van der Waals surface area (Å²) in [5, 5.41) is 0. The van der Waals surface area contributed by atoms with Gasteiger partial charge in [-0.3, -0.25) is 0 Å². The van der Waals surface area contributed by atoms with E-state index in [1.165, 1.54) is 25.7 Å². The summed E-state index contributed by atoms with van der Waals surface area (Å²) < 4.78 is 0. The van der Waals surface area contributed by atoms with Crippen molar-refractivity contribution in [2.24, 2.45) is 5.92 Å². The van der Waals surface area contributed by atoms with Crippen LogP contribution >= 0.6 is 0 Å². The van der Waals surface area contributed by atoms with Crippen LogP contribution < -0.4 is 0 Å². The average molecular weight is 151 g/mol. The maximum atomic E-state index is 5.36. The summed E-state index contributed by atoms with van der Waals surface area (Å²) in [7, 11) is 4.31. The molecular weight excluding hydrogens is 134 g/mol. The fraction of sp³-hybridized carbons (Fsp3) is 0.800. The second-order valence-corrected chi connectivity index (χ2v) is 3.64. The molecule has 0 N–H and O–H groups in total. The van der Waals surface area contributed by atoms with E-state index < -0.39 is 0 Å². The van der Waals surface area contributed by atoms with Crippen LogP contribution in [0, 0.1) is 18.3 Å². The normalized spacial score (nSPS) is 31.8. The van der Waals surface area contributed by atoms with Crippen molar-refractivity contribution in [3.05, 3.63) is 0 Å². The molecule has 0 aromatic rings. The molecule has 11 heavy (non-hydrogen) atoms. The van der Waals surface area contributed by atoms with Crippen LogP contribution in [0.5, 0.6) is 0 Å². The maximum Gasteiger partial charge on any atom is 0.0201 e. The highest BCUT2D eigenvalue weighted by Gasteiger charge is 2.20. The third-order valence-corrected chi connectivity index (χ3v) is 2.66. The van der Waals surface area contributed by atoms with Crippen LogP contribution in [0.25, 0.3) is 0 Å². The molecule has 1 saturated carbocycles. The Morgan fingerprint density at radius 2 is 1.73 bits per heavy atom. The van der Waals surface area contributed by atoms with Crippen LogP contribution in [0.1, 0.15) is 25.7 Å². The van der Waals surface area contributed by atoms with Crippen LogP contribution in [-0.4, -0.2) is 25.0 Å². The molecule has 0 radical (unpaired) electrons. The van der Waals surface area contributed by atoms with Crippen molar-refractivity contribution < 1.29 is 0 Å². The first kappa shape index (κ1) is 8.62. The lowest BCUT2D eigenvalue weighted by Gasteiger charge is -2.30. The Labute approximate surface area is 69.8 Å². The zero-order valence-corrected chi connectivity index (χ0v) is 7.51. The minimum absolute atomic E-state index is 0.561. The molecule has 0 amide bonds. The maximum absolute atomic E-state index is 5.36. The van der Waals surface area contributed by atoms with Crippen molar-refractivity contribution in [3.8, 4) is 12.3 Å². The summed E-state index contributed by atoms with van der Waals surface area (Å²) in [4.78, 5) is 2.31. The lowest BCUT2D eigenvalue weighted by molar-refractivity contribution is 0.212. The second-order valence-electron chi connectivity index (χ2n) is 3.64. The Morgan fingerprint density at radius 1 is 1.18 bits per heavy atom. The molecule has 0 spiro atoms. The Morgan fingerprint density at radius 3 is 2.09 bits per heavy atom. The Bertz CT molecular complexity index is 147. The van der Waals surface area contributed by atoms with E-state index in [1.54, 1.807) is 0 Å². The zero-order chi connectivity index (χ0) is 8.27. The van der Waals surface area contributed by atoms with Gasteiger partial charge in [0.05, 0.1) is 0 Å². The first-order valence-electron chi connectivity index (χ1n) is 4.36. The molecule has 0 saturated heterocycles. The number of hydrogen-bond acceptors (Lipinski definition) is 1. The third-order valence-electron chi connectivity index (χ3n) is 2.66. The van der Waals surface area contributed by atoms with Crippen molar-refractivity contribution in [2.45, 2.75) is 31.7 Å². The van der Waals surface area contributed by atoms with E-state index in [9.17, 15) is 0 Å². The van der Waals surface area contributed by atoms with Gasteiger partial charge in [0.25, 0.3) is 0 Å². The molecule has 0 aliphatic heterocycles. The van der Waals surface area contributed by atoms with Crippen molar-refractivity contribution >= 4 is 0 Å². The molecule has 0 unspecified atom stereocenters. The Kier molecular flexibility index (Phi) is 2.96. The van der Waals surface area contributed by atoms with E-state index in [2.05, 4.69) is 24.9 Å². The largest absolute Gasteiger partial charge is 0.306 e. The van der Waals surface area contributed by atoms with Crippen molar-refractivity contribution in [2.75, 3.05) is 14.1 Å². The van der Waals surface area contributed by atoms with E-state index in [0.29, 0.717) is 5.92 Å². The topological polar surface area (TPSA) is 3.24 Å². The smallest absolute Gasteiger partial charge is 0.0201 e. The Balaban J connectivity index is 2.31. The van der Waals surface area contributed by atoms with Crippen molar-refractivity contribution in [1.29, 1.82) is 0 Å². The molecule has 62 valence electrons. The van der Waals surface area contributed by atoms with Gasteiger partial charge < -0.3 is 4.90 Å². The summed E-state index contributed by atoms with van der Waals surface area (Å²) in [5.41, 5.74) is 0. The lowest BCUT2D eigenvalue weighted by atomic mass is 9.86. The average Bonchev–Trinajstić information content (AvgIpc) is 2.05. The monoisotopic (exact) mass is 151 g/mol. The highest BCUT2D eigenvalue weighted by atomic mass is 15.1. The number of rotatable bonds is 1. The zero-order valence-electron chi connectivity index (χ0n) is 7.51. The van der Waals surface area contributed by atoms with Gasteiger partial charge in [-0.05, 0) is 39.8 Å². The lowest BCUT2D eigenvalue weighted by Crippen LogP contribution is -2.31. The van der Waals surface area contributed by atoms with Gasteiger partial charge in [0.2, 0.25) is 0 Å². The van der Waals surface area contributed by atoms with Gasteiger partial charge in [-0.25, -0.2) is 0 Å². The van der Waals surface area contributed by atoms with Gasteiger partial charge in [-0.15, -0.1) is 12.3 Å². The predicted molar refractivity (Wildman–Crippen MR) is 48.3 cm³/mol. The number of nitrogens with zero attached hydrogens (tertiary/aromatic N) is 1. The highest BCUT2D eigenvalue weighted by molar-refractivity contribution is 4.96. The van der Waals surface area contributed by atoms with Crippen LogP contribution in [0.15, 0.2) is 0 Å². The molecule has 1 aliphatic carbocycles. The minimum atomic E-state index is 0.561. The molecule has 1 heteroatoms. The van der Waals surface area contributed by atoms with Crippen molar-refractivity contribution in [3.63, 3.8) is 0 Å². The molecular formula is C10H17N. The molecule has 1 fully saturated rings. The van der Waals surface area contributed by atoms with Gasteiger partial charge in [0.15, 0.2) is 0 Å². The molecule has 1 rings (SSSR count). The van der Waals surface area contributed by atoms with E-state index >= 15 is 0 Å². The molecule has 0 heterocycles. The quantitative estimate of drug-likeness (QED) is 0.516. The van der Waals surface area contributed by atoms with Gasteiger partial charge in [0.1, 0.15) is 0 Å². The van der Waals surface area contributed by atoms with E-state index in [-0.39, 0.29) is 0 Å². The van der Waals surface area contributed by atoms with Gasteiger partial charge in [-0.1, -0.05) is 0 Å². The first-order valence-corrected chi connectivity index (χ1v) is 4.36. The van der Waals surface area contributed by atoms with Gasteiger partial charge in [0, 0.05) is 12.0 Å². The minimum Gasteiger partial charge on any atom is -0.306 e. The molecule has 0 aromatic carbocycles. The molecule has 1 nitrogen and oxygen atoms in total. The molecule has 0 atom stereocenters. The van der Waals surface area contributed by atoms with Gasteiger partial charge in [-0.2, -0.15) is 0 Å². The van der Waals surface area contributed by atoms with Gasteiger partial charge >= 0.3 is 0 Å². The number of terminal acetylenes is 1. The van der Waals surface area contributed by atoms with Crippen LogP contribution in [0.4, 0.5) is 0 Å². The van der Waals surface area contributed by atoms with E-state index in [1.807, 2.05) is 0 Å². The standard InChI is InChI=1S/C10H17N/c1-4-9-5-7-10(8-6-9)11(2)3/h1,9-10H,5-8H2,2-3H3/t9-,10-. The fourth-order valence-corrected chi connectivity index (χ4v) is 1.76. The summed E-state index contributed by atoms with van der Waals surface area (Å²) in [6.45, 7) is 0. The fourth-order valence-electron chi connectivity index (χ4n) is 1.76. The SMILES string of the molecule is C#C[C@H]1CC[C@H](N(C)C)CC1. The number of hydrogen-bond donors (Lipinski definition) is 0. The summed E-state index contributed by atoms with van der Waals surface area (Å²) in [6, 6.07) is 0.777. The Hall–Kier alpha value is -0.480.